The molecule has 0 aliphatic carbocycles. The lowest BCUT2D eigenvalue weighted by atomic mass is 10.2. The fraction of sp³-hybridized carbons (Fsp3) is 0.375. The van der Waals surface area contributed by atoms with Gasteiger partial charge in [0.15, 0.2) is 0 Å². The van der Waals surface area contributed by atoms with Crippen LogP contribution < -0.4 is 20.7 Å². The molecule has 0 aliphatic rings. The molecule has 0 saturated heterocycles. The van der Waals surface area contributed by atoms with E-state index in [1.807, 2.05) is 6.07 Å². The largest absolute Gasteiger partial charge is 0.492 e. The van der Waals surface area contributed by atoms with E-state index in [-0.39, 0.29) is 18.4 Å². The number of nitrogens with one attached hydrogen (secondary N) is 3. The van der Waals surface area contributed by atoms with Crippen LogP contribution in [0, 0.1) is 0 Å². The maximum Gasteiger partial charge on any atom is 0.408 e. The van der Waals surface area contributed by atoms with Crippen LogP contribution in [0.5, 0.6) is 5.75 Å². The number of amides is 3. The summed E-state index contributed by atoms with van der Waals surface area (Å²) in [4.78, 5) is 35.6. The van der Waals surface area contributed by atoms with E-state index >= 15 is 0 Å². The molecule has 0 unspecified atom stereocenters. The first kappa shape index (κ1) is 27.5. The highest BCUT2D eigenvalue weighted by atomic mass is 79.9. The summed E-state index contributed by atoms with van der Waals surface area (Å²) >= 11 is 9.43. The summed E-state index contributed by atoms with van der Waals surface area (Å²) in [6.45, 7) is 5.77. The number of halogens is 2. The second-order valence-corrected chi connectivity index (χ2v) is 9.73. The lowest BCUT2D eigenvalue weighted by molar-refractivity contribution is -0.121. The average Bonchev–Trinajstić information content (AvgIpc) is 2.75. The molecule has 3 N–H and O–H groups in total. The van der Waals surface area contributed by atoms with Crippen LogP contribution in [0.3, 0.4) is 0 Å². The molecule has 0 fully saturated rings. The van der Waals surface area contributed by atoms with Gasteiger partial charge in [0.05, 0.1) is 11.6 Å². The van der Waals surface area contributed by atoms with Gasteiger partial charge in [-0.15, -0.1) is 0 Å². The Morgan fingerprint density at radius 1 is 1.00 bits per heavy atom. The summed E-state index contributed by atoms with van der Waals surface area (Å²) < 4.78 is 11.6. The lowest BCUT2D eigenvalue weighted by Crippen LogP contribution is -2.37. The van der Waals surface area contributed by atoms with Gasteiger partial charge in [0, 0.05) is 23.1 Å². The Morgan fingerprint density at radius 3 is 2.35 bits per heavy atom. The van der Waals surface area contributed by atoms with Gasteiger partial charge in [-0.2, -0.15) is 0 Å². The highest BCUT2D eigenvalue weighted by Gasteiger charge is 2.16. The van der Waals surface area contributed by atoms with Gasteiger partial charge in [0.2, 0.25) is 11.8 Å². The Bertz CT molecular complexity index is 993. The third-order valence-corrected chi connectivity index (χ3v) is 5.01. The SMILES string of the molecule is CC(C)(C)OC(=O)NCC(=O)Nc1ccc(CNC(=O)CCCOc2ccc(Br)cc2Cl)cc1. The molecule has 0 spiro atoms. The monoisotopic (exact) mass is 553 g/mol. The third kappa shape index (κ3) is 10.9. The maximum atomic E-state index is 12.1. The van der Waals surface area contributed by atoms with E-state index < -0.39 is 11.7 Å². The second-order valence-electron chi connectivity index (χ2n) is 8.40. The molecule has 0 aromatic heterocycles. The molecular weight excluding hydrogens is 526 g/mol. The average molecular weight is 555 g/mol. The highest BCUT2D eigenvalue weighted by Crippen LogP contribution is 2.27. The van der Waals surface area contributed by atoms with E-state index in [0.29, 0.717) is 42.5 Å². The molecule has 3 amide bonds. The Morgan fingerprint density at radius 2 is 1.71 bits per heavy atom. The third-order valence-electron chi connectivity index (χ3n) is 4.22. The molecule has 0 radical (unpaired) electrons. The molecule has 2 aromatic rings. The number of carbonyl (C=O) groups excluding carboxylic acids is 3. The maximum absolute atomic E-state index is 12.1. The first-order valence-corrected chi connectivity index (χ1v) is 11.9. The molecule has 0 heterocycles. The normalized spacial score (nSPS) is 10.9. The molecule has 0 atom stereocenters. The smallest absolute Gasteiger partial charge is 0.408 e. The van der Waals surface area contributed by atoms with E-state index in [9.17, 15) is 14.4 Å². The van der Waals surface area contributed by atoms with Crippen molar-refractivity contribution >= 4 is 51.1 Å². The van der Waals surface area contributed by atoms with E-state index in [2.05, 4.69) is 31.9 Å². The van der Waals surface area contributed by atoms with E-state index in [1.165, 1.54) is 0 Å². The number of alkyl carbamates (subject to hydrolysis) is 1. The molecule has 2 rings (SSSR count). The summed E-state index contributed by atoms with van der Waals surface area (Å²) in [6, 6.07) is 12.4. The minimum absolute atomic E-state index is 0.0869. The van der Waals surface area contributed by atoms with Crippen molar-refractivity contribution in [1.29, 1.82) is 0 Å². The lowest BCUT2D eigenvalue weighted by Gasteiger charge is -2.19. The molecule has 8 nitrogen and oxygen atoms in total. The number of benzene rings is 2. The minimum atomic E-state index is -0.655. The summed E-state index contributed by atoms with van der Waals surface area (Å²) in [5.41, 5.74) is 0.833. The standard InChI is InChI=1S/C24H29BrClN3O5/c1-24(2,3)34-23(32)28-15-22(31)29-18-9-6-16(7-10-18)14-27-21(30)5-4-12-33-20-11-8-17(25)13-19(20)26/h6-11,13H,4-5,12,14-15H2,1-3H3,(H,27,30)(H,28,32)(H,29,31). The topological polar surface area (TPSA) is 106 Å². The fourth-order valence-corrected chi connectivity index (χ4v) is 3.40. The van der Waals surface area contributed by atoms with Crippen LogP contribution in [0.25, 0.3) is 0 Å². The fourth-order valence-electron chi connectivity index (χ4n) is 2.67. The Labute approximate surface area is 212 Å². The molecule has 34 heavy (non-hydrogen) atoms. The zero-order valence-corrected chi connectivity index (χ0v) is 21.7. The second kappa shape index (κ2) is 13.2. The van der Waals surface area contributed by atoms with Crippen molar-refractivity contribution in [2.45, 2.75) is 45.8 Å². The van der Waals surface area contributed by atoms with Crippen molar-refractivity contribution in [1.82, 2.24) is 10.6 Å². The van der Waals surface area contributed by atoms with E-state index in [4.69, 9.17) is 21.1 Å². The van der Waals surface area contributed by atoms with Crippen LogP contribution >= 0.6 is 27.5 Å². The van der Waals surface area contributed by atoms with Crippen molar-refractivity contribution < 1.29 is 23.9 Å². The minimum Gasteiger partial charge on any atom is -0.492 e. The Hall–Kier alpha value is -2.78. The predicted octanol–water partition coefficient (Wildman–Crippen LogP) is 5.04. The molecule has 0 saturated carbocycles. The van der Waals surface area contributed by atoms with Gasteiger partial charge in [-0.05, 0) is 63.1 Å². The van der Waals surface area contributed by atoms with Crippen LogP contribution in [0.4, 0.5) is 10.5 Å². The van der Waals surface area contributed by atoms with E-state index in [0.717, 1.165) is 10.0 Å². The Balaban J connectivity index is 1.64. The van der Waals surface area contributed by atoms with Crippen LogP contribution in [0.1, 0.15) is 39.2 Å². The van der Waals surface area contributed by atoms with Crippen molar-refractivity contribution in [2.75, 3.05) is 18.5 Å². The van der Waals surface area contributed by atoms with Crippen molar-refractivity contribution in [3.8, 4) is 5.75 Å². The highest BCUT2D eigenvalue weighted by molar-refractivity contribution is 9.10. The van der Waals surface area contributed by atoms with E-state index in [1.54, 1.807) is 57.2 Å². The van der Waals surface area contributed by atoms with Crippen molar-refractivity contribution in [3.05, 3.63) is 57.5 Å². The predicted molar refractivity (Wildman–Crippen MR) is 135 cm³/mol. The number of hydrogen-bond acceptors (Lipinski definition) is 5. The quantitative estimate of drug-likeness (QED) is 0.357. The molecule has 10 heteroatoms. The van der Waals surface area contributed by atoms with Gasteiger partial charge >= 0.3 is 6.09 Å². The first-order valence-electron chi connectivity index (χ1n) is 10.7. The number of carbonyl (C=O) groups is 3. The summed E-state index contributed by atoms with van der Waals surface area (Å²) in [5.74, 6) is 0.118. The number of hydrogen-bond donors (Lipinski definition) is 3. The Kier molecular flexibility index (Phi) is 10.7. The van der Waals surface area contributed by atoms with Crippen LogP contribution in [-0.4, -0.2) is 36.7 Å². The van der Waals surface area contributed by atoms with Gasteiger partial charge in [0.25, 0.3) is 0 Å². The number of rotatable bonds is 10. The van der Waals surface area contributed by atoms with Gasteiger partial charge in [-0.25, -0.2) is 4.79 Å². The molecule has 0 bridgehead atoms. The summed E-state index contributed by atoms with van der Waals surface area (Å²) in [7, 11) is 0. The summed E-state index contributed by atoms with van der Waals surface area (Å²) in [5, 5.41) is 8.45. The van der Waals surface area contributed by atoms with Crippen LogP contribution in [0.15, 0.2) is 46.9 Å². The molecule has 0 aliphatic heterocycles. The van der Waals surface area contributed by atoms with Crippen LogP contribution in [-0.2, 0) is 20.9 Å². The van der Waals surface area contributed by atoms with Gasteiger partial charge in [0.1, 0.15) is 17.9 Å². The molecular formula is C24H29BrClN3O5. The molecule has 2 aromatic carbocycles. The zero-order chi connectivity index (χ0) is 25.1. The van der Waals surface area contributed by atoms with Gasteiger partial charge in [-0.1, -0.05) is 39.7 Å². The van der Waals surface area contributed by atoms with Gasteiger partial charge < -0.3 is 25.4 Å². The van der Waals surface area contributed by atoms with Crippen LogP contribution in [0.2, 0.25) is 5.02 Å². The van der Waals surface area contributed by atoms with Gasteiger partial charge in [-0.3, -0.25) is 9.59 Å². The zero-order valence-electron chi connectivity index (χ0n) is 19.4. The summed E-state index contributed by atoms with van der Waals surface area (Å²) in [6.07, 6.45) is 0.227. The number of anilines is 1. The first-order chi connectivity index (χ1) is 16.0. The van der Waals surface area contributed by atoms with Crippen molar-refractivity contribution in [3.63, 3.8) is 0 Å². The van der Waals surface area contributed by atoms with Crippen molar-refractivity contribution in [2.24, 2.45) is 0 Å². The number of ether oxygens (including phenoxy) is 2. The molecule has 184 valence electrons.